The first-order valence-electron chi connectivity index (χ1n) is 37.3. The van der Waals surface area contributed by atoms with Crippen LogP contribution in [0.5, 0.6) is 0 Å². The van der Waals surface area contributed by atoms with E-state index in [9.17, 15) is 33.6 Å². The smallest absolute Gasteiger partial charge is 0.325 e. The predicted octanol–water partition coefficient (Wildman–Crippen LogP) is 20.4. The van der Waals surface area contributed by atoms with Crippen LogP contribution in [0.15, 0.2) is 206 Å². The molecule has 0 radical (unpaired) electrons. The lowest BCUT2D eigenvalue weighted by atomic mass is 9.69. The first kappa shape index (κ1) is 94.8. The third-order valence-electron chi connectivity index (χ3n) is 17.6. The molecule has 0 aliphatic heterocycles. The van der Waals surface area contributed by atoms with Crippen molar-refractivity contribution < 1.29 is 66.7 Å². The van der Waals surface area contributed by atoms with Crippen LogP contribution in [0.3, 0.4) is 0 Å². The Bertz CT molecular complexity index is 3180. The highest BCUT2D eigenvalue weighted by atomic mass is 16.5. The van der Waals surface area contributed by atoms with E-state index in [1.54, 1.807) is 0 Å². The lowest BCUT2D eigenvalue weighted by molar-refractivity contribution is -0.148. The molecule has 14 heteroatoms. The number of ether oxygens (including phenoxy) is 7. The number of carbonyl (C=O) groups is 7. The van der Waals surface area contributed by atoms with Gasteiger partial charge in [-0.1, -0.05) is 314 Å². The summed E-state index contributed by atoms with van der Waals surface area (Å²) in [5.41, 5.74) is 6.78. The summed E-state index contributed by atoms with van der Waals surface area (Å²) in [6, 6.07) is 66.0. The SMILES string of the molecule is CC.CC.CC.CC.COC(=O)C(c1ccccc1)(c1ccccc1)c1ccccc1.COC(=O)C(c1ccccc1)c1ccccc1.COC(=O)C1CCC(C)CC1.COC(=O)C1CCCC(C)C1.COC(=O)C1CCCCC1C.COC(=O)Cc1ccc(C)cc1.COC(=O)Cc1ccccc1. The van der Waals surface area contributed by atoms with E-state index in [-0.39, 0.29) is 65.5 Å². The molecule has 7 aromatic rings. The standard InChI is InChI=1S/C21H18O2.C15H14O2.C10H12O2.3C9H16O2.C9H10O2.4C2H6/c1-23-20(22)21(17-11-5-2-6-12-17,18-13-7-3-8-14-18)19-15-9-4-10-16-19;1-17-15(16)14(12-8-4-2-5-9-12)13-10-6-3-7-11-13;1-8-3-5-9(6-4-8)7-10(11)12-2;1-7-3-5-8(6-4-7)9(10)11-2;1-7-4-3-5-8(6-7)9(10)11-2;1-7-5-3-4-6-8(7)9(10)11-2;1-11-9(10)7-8-5-3-2-4-6-8;4*1-2/h2-16H,1H3;2-11,14H,1H3;3-6H,7H2,1-2H3;3*7-8H,3-6H2,1-2H3;2-6H,7H2,1H3;4*1-2H3. The maximum Gasteiger partial charge on any atom is 0.325 e. The van der Waals surface area contributed by atoms with E-state index in [0.717, 1.165) is 77.0 Å². The van der Waals surface area contributed by atoms with Gasteiger partial charge in [0.25, 0.3) is 0 Å². The zero-order valence-electron chi connectivity index (χ0n) is 66.3. The highest BCUT2D eigenvalue weighted by Gasteiger charge is 2.45. The van der Waals surface area contributed by atoms with Crippen LogP contribution in [-0.2, 0) is 85.0 Å². The van der Waals surface area contributed by atoms with Crippen molar-refractivity contribution in [1.29, 1.82) is 0 Å². The van der Waals surface area contributed by atoms with Gasteiger partial charge in [0.2, 0.25) is 0 Å². The van der Waals surface area contributed by atoms with Crippen molar-refractivity contribution in [3.8, 4) is 0 Å². The van der Waals surface area contributed by atoms with Gasteiger partial charge in [-0.15, -0.1) is 0 Å². The molecule has 3 aliphatic rings. The summed E-state index contributed by atoms with van der Waals surface area (Å²) in [4.78, 5) is 79.8. The second kappa shape index (κ2) is 58.2. The molecular weight excluding hydrogens is 1300 g/mol. The summed E-state index contributed by atoms with van der Waals surface area (Å²) >= 11 is 0. The van der Waals surface area contributed by atoms with Crippen molar-refractivity contribution in [3.63, 3.8) is 0 Å². The molecule has 10 rings (SSSR count). The minimum absolute atomic E-state index is 0.0165. The van der Waals surface area contributed by atoms with Gasteiger partial charge >= 0.3 is 41.8 Å². The molecule has 570 valence electrons. The number of aryl methyl sites for hydroxylation is 1. The molecule has 3 aliphatic carbocycles. The van der Waals surface area contributed by atoms with Gasteiger partial charge in [0.1, 0.15) is 11.3 Å². The minimum Gasteiger partial charge on any atom is -0.469 e. The predicted molar refractivity (Wildman–Crippen MR) is 422 cm³/mol. The van der Waals surface area contributed by atoms with Gasteiger partial charge < -0.3 is 33.2 Å². The fraction of sp³-hybridized carbons (Fsp3) is 0.456. The second-order valence-electron chi connectivity index (χ2n) is 24.5. The van der Waals surface area contributed by atoms with Crippen LogP contribution in [0, 0.1) is 42.4 Å². The van der Waals surface area contributed by atoms with Crippen LogP contribution in [0.2, 0.25) is 0 Å². The van der Waals surface area contributed by atoms with Crippen LogP contribution in [0.25, 0.3) is 0 Å². The van der Waals surface area contributed by atoms with E-state index in [0.29, 0.717) is 24.7 Å². The van der Waals surface area contributed by atoms with Crippen LogP contribution in [-0.4, -0.2) is 91.6 Å². The Morgan fingerprint density at radius 2 is 0.721 bits per heavy atom. The Morgan fingerprint density at radius 3 is 1.08 bits per heavy atom. The van der Waals surface area contributed by atoms with Gasteiger partial charge in [-0.3, -0.25) is 33.6 Å². The van der Waals surface area contributed by atoms with E-state index in [1.807, 2.05) is 269 Å². The first-order chi connectivity index (χ1) is 50.4. The summed E-state index contributed by atoms with van der Waals surface area (Å²) in [6.45, 7) is 24.6. The van der Waals surface area contributed by atoms with Gasteiger partial charge in [-0.05, 0) is 115 Å². The quantitative estimate of drug-likeness (QED) is 0.0569. The maximum atomic E-state index is 13.0. The molecule has 0 spiro atoms. The molecule has 0 aromatic heterocycles. The monoisotopic (exact) mass is 1430 g/mol. The van der Waals surface area contributed by atoms with Crippen molar-refractivity contribution in [2.45, 2.75) is 184 Å². The fourth-order valence-electron chi connectivity index (χ4n) is 12.0. The van der Waals surface area contributed by atoms with Crippen LogP contribution in [0.1, 0.15) is 204 Å². The summed E-state index contributed by atoms with van der Waals surface area (Å²) < 4.78 is 33.3. The average molecular weight is 1430 g/mol. The number of hydrogen-bond acceptors (Lipinski definition) is 14. The molecule has 0 saturated heterocycles. The zero-order valence-corrected chi connectivity index (χ0v) is 66.3. The Labute approximate surface area is 625 Å². The number of hydrogen-bond donors (Lipinski definition) is 0. The van der Waals surface area contributed by atoms with E-state index in [2.05, 4.69) is 35.0 Å². The van der Waals surface area contributed by atoms with E-state index >= 15 is 0 Å². The minimum atomic E-state index is -0.974. The van der Waals surface area contributed by atoms with Crippen molar-refractivity contribution in [2.24, 2.45) is 35.5 Å². The van der Waals surface area contributed by atoms with E-state index in [1.165, 1.54) is 100 Å². The first-order valence-corrected chi connectivity index (χ1v) is 37.3. The Kier molecular flexibility index (Phi) is 53.1. The Hall–Kier alpha value is -9.17. The average Bonchev–Trinajstić information content (AvgIpc) is 0.742. The van der Waals surface area contributed by atoms with Crippen molar-refractivity contribution >= 4 is 41.8 Å². The normalized spacial score (nSPS) is 16.4. The molecule has 104 heavy (non-hydrogen) atoms. The molecule has 0 N–H and O–H groups in total. The number of benzene rings is 7. The van der Waals surface area contributed by atoms with Gasteiger partial charge in [-0.2, -0.15) is 0 Å². The van der Waals surface area contributed by atoms with Crippen molar-refractivity contribution in [1.82, 2.24) is 0 Å². The molecule has 14 nitrogen and oxygen atoms in total. The van der Waals surface area contributed by atoms with Crippen LogP contribution < -0.4 is 0 Å². The number of carbonyl (C=O) groups excluding carboxylic acids is 7. The Morgan fingerprint density at radius 1 is 0.356 bits per heavy atom. The second-order valence-corrected chi connectivity index (χ2v) is 24.5. The van der Waals surface area contributed by atoms with Gasteiger partial charge in [-0.25, -0.2) is 0 Å². The lowest BCUT2D eigenvalue weighted by Gasteiger charge is -2.32. The highest BCUT2D eigenvalue weighted by Crippen LogP contribution is 2.40. The molecular formula is C90H126O14. The summed E-state index contributed by atoms with van der Waals surface area (Å²) in [7, 11) is 10.1. The topological polar surface area (TPSA) is 184 Å². The van der Waals surface area contributed by atoms with Gasteiger partial charge in [0.15, 0.2) is 0 Å². The summed E-state index contributed by atoms with van der Waals surface area (Å²) in [6.07, 6.45) is 14.3. The largest absolute Gasteiger partial charge is 0.469 e. The van der Waals surface area contributed by atoms with Crippen molar-refractivity contribution in [2.75, 3.05) is 49.8 Å². The number of esters is 7. The van der Waals surface area contributed by atoms with Gasteiger partial charge in [0.05, 0.1) is 80.4 Å². The molecule has 7 aromatic carbocycles. The van der Waals surface area contributed by atoms with Crippen molar-refractivity contribution in [3.05, 3.63) is 251 Å². The lowest BCUT2D eigenvalue weighted by Crippen LogP contribution is -2.39. The molecule has 3 saturated carbocycles. The van der Waals surface area contributed by atoms with Crippen LogP contribution in [0.4, 0.5) is 0 Å². The molecule has 0 amide bonds. The Balaban J connectivity index is 0.00000119. The maximum absolute atomic E-state index is 13.0. The molecule has 0 bridgehead atoms. The fourth-order valence-corrected chi connectivity index (χ4v) is 12.0. The number of rotatable bonds is 14. The number of methoxy groups -OCH3 is 7. The molecule has 0 heterocycles. The third-order valence-corrected chi connectivity index (χ3v) is 17.6. The van der Waals surface area contributed by atoms with Gasteiger partial charge in [0, 0.05) is 0 Å². The molecule has 4 atom stereocenters. The summed E-state index contributed by atoms with van der Waals surface area (Å²) in [5, 5.41) is 0. The molecule has 3 fully saturated rings. The zero-order chi connectivity index (χ0) is 78.1. The van der Waals surface area contributed by atoms with E-state index < -0.39 is 5.41 Å². The van der Waals surface area contributed by atoms with E-state index in [4.69, 9.17) is 18.9 Å². The third kappa shape index (κ3) is 34.9. The van der Waals surface area contributed by atoms with Crippen LogP contribution >= 0.6 is 0 Å². The summed E-state index contributed by atoms with van der Waals surface area (Å²) in [5.74, 6) is 1.26. The molecule has 4 unspecified atom stereocenters. The highest BCUT2D eigenvalue weighted by molar-refractivity contribution is 5.92.